The zero-order chi connectivity index (χ0) is 26.7. The largest absolute Gasteiger partial charge is 0.395 e. The summed E-state index contributed by atoms with van der Waals surface area (Å²) in [6.45, 7) is 2.11. The summed E-state index contributed by atoms with van der Waals surface area (Å²) in [5.74, 6) is -0.594. The summed E-state index contributed by atoms with van der Waals surface area (Å²) in [7, 11) is -3.55. The summed E-state index contributed by atoms with van der Waals surface area (Å²) in [5.41, 5.74) is 2.36. The fraction of sp³-hybridized carbons (Fsp3) is 0.286. The third-order valence-electron chi connectivity index (χ3n) is 5.80. The number of hydrogen-bond donors (Lipinski definition) is 3. The topological polar surface area (TPSA) is 116 Å². The third kappa shape index (κ3) is 7.98. The Morgan fingerprint density at radius 1 is 0.892 bits per heavy atom. The highest BCUT2D eigenvalue weighted by Crippen LogP contribution is 2.25. The molecule has 0 spiro atoms. The van der Waals surface area contributed by atoms with Crippen LogP contribution in [0.2, 0.25) is 0 Å². The van der Waals surface area contributed by atoms with Gasteiger partial charge in [0.15, 0.2) is 0 Å². The number of sulfonamides is 1. The van der Waals surface area contributed by atoms with E-state index in [0.29, 0.717) is 18.5 Å². The molecule has 3 aromatic rings. The van der Waals surface area contributed by atoms with E-state index in [-0.39, 0.29) is 42.8 Å². The summed E-state index contributed by atoms with van der Waals surface area (Å²) >= 11 is 0. The predicted molar refractivity (Wildman–Crippen MR) is 142 cm³/mol. The molecule has 8 nitrogen and oxygen atoms in total. The Morgan fingerprint density at radius 2 is 1.51 bits per heavy atom. The quantitative estimate of drug-likeness (QED) is 0.319. The van der Waals surface area contributed by atoms with Gasteiger partial charge in [-0.1, -0.05) is 79.7 Å². The van der Waals surface area contributed by atoms with E-state index in [9.17, 15) is 23.1 Å². The van der Waals surface area contributed by atoms with Crippen LogP contribution < -0.4 is 10.0 Å². The van der Waals surface area contributed by atoms with Gasteiger partial charge >= 0.3 is 0 Å². The second-order valence-electron chi connectivity index (χ2n) is 8.48. The SMILES string of the molecule is CCNS(=O)(=O)c1ccc(CCC(=O)N(Cc2ccccc2)[C@@H](C(=O)NCCO)c2ccccc2)cc1. The first-order chi connectivity index (χ1) is 17.9. The van der Waals surface area contributed by atoms with Crippen LogP contribution in [0.4, 0.5) is 0 Å². The van der Waals surface area contributed by atoms with Gasteiger partial charge < -0.3 is 15.3 Å². The van der Waals surface area contributed by atoms with Crippen molar-refractivity contribution in [2.24, 2.45) is 0 Å². The lowest BCUT2D eigenvalue weighted by molar-refractivity contribution is -0.141. The number of nitrogens with zero attached hydrogens (tertiary/aromatic N) is 1. The van der Waals surface area contributed by atoms with Crippen LogP contribution in [0.1, 0.15) is 36.1 Å². The number of carbonyl (C=O) groups is 2. The van der Waals surface area contributed by atoms with Gasteiger partial charge in [0.25, 0.3) is 0 Å². The van der Waals surface area contributed by atoms with Crippen molar-refractivity contribution >= 4 is 21.8 Å². The molecule has 0 aromatic heterocycles. The van der Waals surface area contributed by atoms with Crippen molar-refractivity contribution in [3.8, 4) is 0 Å². The van der Waals surface area contributed by atoms with Crippen LogP contribution in [0.5, 0.6) is 0 Å². The maximum Gasteiger partial charge on any atom is 0.247 e. The van der Waals surface area contributed by atoms with Crippen LogP contribution in [0.25, 0.3) is 0 Å². The van der Waals surface area contributed by atoms with Gasteiger partial charge in [0.1, 0.15) is 6.04 Å². The molecule has 2 amide bonds. The van der Waals surface area contributed by atoms with Crippen LogP contribution >= 0.6 is 0 Å². The molecule has 0 saturated heterocycles. The lowest BCUT2D eigenvalue weighted by Crippen LogP contribution is -2.44. The molecular formula is C28H33N3O5S. The Labute approximate surface area is 218 Å². The van der Waals surface area contributed by atoms with Gasteiger partial charge in [-0.3, -0.25) is 9.59 Å². The Hall–Kier alpha value is -3.53. The molecule has 9 heteroatoms. The van der Waals surface area contributed by atoms with E-state index < -0.39 is 16.1 Å². The van der Waals surface area contributed by atoms with Crippen molar-refractivity contribution in [1.82, 2.24) is 14.9 Å². The summed E-state index contributed by atoms with van der Waals surface area (Å²) in [4.78, 5) is 28.6. The van der Waals surface area contributed by atoms with E-state index in [4.69, 9.17) is 0 Å². The van der Waals surface area contributed by atoms with Gasteiger partial charge in [0.05, 0.1) is 11.5 Å². The maximum absolute atomic E-state index is 13.6. The van der Waals surface area contributed by atoms with Crippen molar-refractivity contribution in [2.75, 3.05) is 19.7 Å². The van der Waals surface area contributed by atoms with Crippen molar-refractivity contribution < 1.29 is 23.1 Å². The van der Waals surface area contributed by atoms with Crippen LogP contribution in [-0.2, 0) is 32.6 Å². The molecular weight excluding hydrogens is 490 g/mol. The molecule has 1 atom stereocenters. The summed E-state index contributed by atoms with van der Waals surface area (Å²) in [6.07, 6.45) is 0.508. The predicted octanol–water partition coefficient (Wildman–Crippen LogP) is 2.80. The molecule has 0 bridgehead atoms. The molecule has 0 heterocycles. The number of nitrogens with one attached hydrogen (secondary N) is 2. The Balaban J connectivity index is 1.85. The minimum absolute atomic E-state index is 0.0810. The molecule has 0 radical (unpaired) electrons. The summed E-state index contributed by atoms with van der Waals surface area (Å²) < 4.78 is 26.8. The number of aliphatic hydroxyl groups excluding tert-OH is 1. The molecule has 37 heavy (non-hydrogen) atoms. The van der Waals surface area contributed by atoms with Crippen molar-refractivity contribution in [3.63, 3.8) is 0 Å². The van der Waals surface area contributed by atoms with Crippen LogP contribution in [0.15, 0.2) is 89.8 Å². The van der Waals surface area contributed by atoms with Crippen LogP contribution in [0, 0.1) is 0 Å². The van der Waals surface area contributed by atoms with Gasteiger partial charge in [0, 0.05) is 26.1 Å². The monoisotopic (exact) mass is 523 g/mol. The normalized spacial score (nSPS) is 12.1. The average molecular weight is 524 g/mol. The molecule has 196 valence electrons. The number of rotatable bonds is 13. The zero-order valence-corrected chi connectivity index (χ0v) is 21.7. The van der Waals surface area contributed by atoms with E-state index in [2.05, 4.69) is 10.0 Å². The Bertz CT molecular complexity index is 1250. The highest BCUT2D eigenvalue weighted by atomic mass is 32.2. The number of hydrogen-bond acceptors (Lipinski definition) is 5. The molecule has 0 fully saturated rings. The van der Waals surface area contributed by atoms with Crippen molar-refractivity contribution in [3.05, 3.63) is 102 Å². The molecule has 0 aliphatic heterocycles. The first kappa shape index (κ1) is 28.0. The minimum Gasteiger partial charge on any atom is -0.395 e. The van der Waals surface area contributed by atoms with Crippen LogP contribution in [-0.4, -0.2) is 49.9 Å². The lowest BCUT2D eigenvalue weighted by Gasteiger charge is -2.31. The number of amides is 2. The maximum atomic E-state index is 13.6. The zero-order valence-electron chi connectivity index (χ0n) is 20.8. The molecule has 0 unspecified atom stereocenters. The minimum atomic E-state index is -3.55. The van der Waals surface area contributed by atoms with Gasteiger partial charge in [-0.15, -0.1) is 0 Å². The third-order valence-corrected chi connectivity index (χ3v) is 7.36. The van der Waals surface area contributed by atoms with Gasteiger partial charge in [-0.2, -0.15) is 0 Å². The first-order valence-corrected chi connectivity index (χ1v) is 13.7. The fourth-order valence-corrected chi connectivity index (χ4v) is 5.03. The van der Waals surface area contributed by atoms with E-state index in [1.54, 1.807) is 36.1 Å². The molecule has 0 aliphatic rings. The number of aryl methyl sites for hydroxylation is 1. The van der Waals surface area contributed by atoms with E-state index in [0.717, 1.165) is 11.1 Å². The smallest absolute Gasteiger partial charge is 0.247 e. The van der Waals surface area contributed by atoms with E-state index in [1.165, 1.54) is 12.1 Å². The van der Waals surface area contributed by atoms with Crippen molar-refractivity contribution in [2.45, 2.75) is 37.2 Å². The Kier molecular flexibility index (Phi) is 10.4. The average Bonchev–Trinajstić information content (AvgIpc) is 2.91. The molecule has 0 aliphatic carbocycles. The highest BCUT2D eigenvalue weighted by molar-refractivity contribution is 7.89. The lowest BCUT2D eigenvalue weighted by atomic mass is 10.0. The van der Waals surface area contributed by atoms with Crippen LogP contribution in [0.3, 0.4) is 0 Å². The second-order valence-corrected chi connectivity index (χ2v) is 10.2. The first-order valence-electron chi connectivity index (χ1n) is 12.2. The molecule has 3 N–H and O–H groups in total. The number of carbonyl (C=O) groups excluding carboxylic acids is 2. The van der Waals surface area contributed by atoms with E-state index in [1.807, 2.05) is 48.5 Å². The second kappa shape index (κ2) is 13.7. The standard InChI is InChI=1S/C28H33N3O5S/c1-2-30-37(35,36)25-16-13-22(14-17-25)15-18-26(33)31(21-23-9-5-3-6-10-23)27(28(34)29-19-20-32)24-11-7-4-8-12-24/h3-14,16-17,27,30,32H,2,15,18-21H2,1H3,(H,29,34)/t27-/m1/s1. The van der Waals surface area contributed by atoms with Gasteiger partial charge in [0.2, 0.25) is 21.8 Å². The summed E-state index contributed by atoms with van der Waals surface area (Å²) in [6, 6.07) is 24.1. The number of aliphatic hydroxyl groups is 1. The molecule has 3 aromatic carbocycles. The van der Waals surface area contributed by atoms with Gasteiger partial charge in [-0.25, -0.2) is 13.1 Å². The van der Waals surface area contributed by atoms with E-state index >= 15 is 0 Å². The fourth-order valence-electron chi connectivity index (χ4n) is 3.99. The molecule has 3 rings (SSSR count). The van der Waals surface area contributed by atoms with Crippen molar-refractivity contribution in [1.29, 1.82) is 0 Å². The summed E-state index contributed by atoms with van der Waals surface area (Å²) in [5, 5.41) is 11.9. The number of benzene rings is 3. The Morgan fingerprint density at radius 3 is 2.11 bits per heavy atom. The highest BCUT2D eigenvalue weighted by Gasteiger charge is 2.31. The van der Waals surface area contributed by atoms with Gasteiger partial charge in [-0.05, 0) is 35.2 Å². The molecule has 0 saturated carbocycles.